The fourth-order valence-corrected chi connectivity index (χ4v) is 1.88. The van der Waals surface area contributed by atoms with Gasteiger partial charge in [0.05, 0.1) is 17.3 Å². The second-order valence-electron chi connectivity index (χ2n) is 4.12. The number of piperazine rings is 1. The first kappa shape index (κ1) is 12.6. The van der Waals surface area contributed by atoms with Crippen molar-refractivity contribution in [2.45, 2.75) is 6.54 Å². The van der Waals surface area contributed by atoms with E-state index in [0.29, 0.717) is 29.6 Å². The predicted octanol–water partition coefficient (Wildman–Crippen LogP) is 0.118. The van der Waals surface area contributed by atoms with Crippen LogP contribution in [0.3, 0.4) is 0 Å². The number of aromatic nitrogens is 1. The monoisotopic (exact) mass is 268 g/mol. The third-order valence-electron chi connectivity index (χ3n) is 2.80. The zero-order chi connectivity index (χ0) is 13.3. The van der Waals surface area contributed by atoms with Gasteiger partial charge in [-0.25, -0.2) is 4.98 Å². The van der Waals surface area contributed by atoms with Crippen LogP contribution in [0.5, 0.6) is 0 Å². The molecule has 1 aromatic heterocycles. The molecule has 0 atom stereocenters. The van der Waals surface area contributed by atoms with Crippen molar-refractivity contribution < 1.29 is 9.59 Å². The molecule has 7 heteroatoms. The topological polar surface area (TPSA) is 79.5 Å². The fraction of sp³-hybridized carbons (Fsp3) is 0.364. The highest BCUT2D eigenvalue weighted by Crippen LogP contribution is 2.18. The van der Waals surface area contributed by atoms with E-state index in [1.807, 2.05) is 0 Å². The van der Waals surface area contributed by atoms with Crippen LogP contribution in [-0.4, -0.2) is 46.7 Å². The zero-order valence-electron chi connectivity index (χ0n) is 9.89. The number of amides is 2. The summed E-state index contributed by atoms with van der Waals surface area (Å²) in [4.78, 5) is 30.2. The molecule has 1 aliphatic rings. The minimum Gasteiger partial charge on any atom is -0.384 e. The van der Waals surface area contributed by atoms with Gasteiger partial charge in [0.15, 0.2) is 0 Å². The van der Waals surface area contributed by atoms with Gasteiger partial charge in [0.1, 0.15) is 5.82 Å². The lowest BCUT2D eigenvalue weighted by molar-refractivity contribution is -0.155. The van der Waals surface area contributed by atoms with Crippen LogP contribution >= 0.6 is 11.6 Å². The summed E-state index contributed by atoms with van der Waals surface area (Å²) in [6.45, 7) is 1.17. The van der Waals surface area contributed by atoms with E-state index in [1.54, 1.807) is 19.2 Å². The van der Waals surface area contributed by atoms with Gasteiger partial charge in [-0.1, -0.05) is 11.6 Å². The maximum atomic E-state index is 11.8. The van der Waals surface area contributed by atoms with E-state index in [2.05, 4.69) is 4.98 Å². The molecule has 0 radical (unpaired) electrons. The molecular weight excluding hydrogens is 256 g/mol. The Morgan fingerprint density at radius 3 is 2.78 bits per heavy atom. The second kappa shape index (κ2) is 4.81. The van der Waals surface area contributed by atoms with Gasteiger partial charge in [0.25, 0.3) is 0 Å². The molecule has 1 fully saturated rings. The molecule has 0 saturated carbocycles. The Hall–Kier alpha value is -1.82. The van der Waals surface area contributed by atoms with E-state index in [1.165, 1.54) is 9.80 Å². The second-order valence-corrected chi connectivity index (χ2v) is 4.53. The van der Waals surface area contributed by atoms with Crippen molar-refractivity contribution in [2.75, 3.05) is 25.9 Å². The normalized spacial score (nSPS) is 16.3. The summed E-state index contributed by atoms with van der Waals surface area (Å²) >= 11 is 5.98. The number of hydrogen-bond acceptors (Lipinski definition) is 4. The quantitative estimate of drug-likeness (QED) is 0.773. The zero-order valence-corrected chi connectivity index (χ0v) is 10.6. The van der Waals surface area contributed by atoms with Crippen LogP contribution in [0.15, 0.2) is 12.1 Å². The molecule has 18 heavy (non-hydrogen) atoms. The smallest absolute Gasteiger partial charge is 0.312 e. The third-order valence-corrected chi connectivity index (χ3v) is 3.15. The Labute approximate surface area is 109 Å². The molecule has 0 aromatic carbocycles. The molecule has 1 aromatic rings. The van der Waals surface area contributed by atoms with Crippen molar-refractivity contribution in [3.63, 3.8) is 0 Å². The molecule has 0 aliphatic carbocycles. The number of nitrogen functional groups attached to an aromatic ring is 1. The lowest BCUT2D eigenvalue weighted by Gasteiger charge is -2.31. The SMILES string of the molecule is CN1CCN(Cc2nc(N)ccc2Cl)C(=O)C1=O. The molecule has 2 rings (SSSR count). The highest BCUT2D eigenvalue weighted by atomic mass is 35.5. The minimum atomic E-state index is -0.538. The van der Waals surface area contributed by atoms with Crippen LogP contribution in [0.25, 0.3) is 0 Å². The summed E-state index contributed by atoms with van der Waals surface area (Å²) in [7, 11) is 1.60. The number of carbonyl (C=O) groups is 2. The van der Waals surface area contributed by atoms with Crippen LogP contribution < -0.4 is 5.73 Å². The lowest BCUT2D eigenvalue weighted by Crippen LogP contribution is -2.52. The van der Waals surface area contributed by atoms with Gasteiger partial charge in [0.2, 0.25) is 0 Å². The van der Waals surface area contributed by atoms with Crippen molar-refractivity contribution in [2.24, 2.45) is 0 Å². The van der Waals surface area contributed by atoms with Crippen LogP contribution in [0, 0.1) is 0 Å². The van der Waals surface area contributed by atoms with Gasteiger partial charge >= 0.3 is 11.8 Å². The van der Waals surface area contributed by atoms with Crippen molar-refractivity contribution in [3.05, 3.63) is 22.8 Å². The van der Waals surface area contributed by atoms with E-state index in [4.69, 9.17) is 17.3 Å². The first-order chi connectivity index (χ1) is 8.49. The Bertz CT molecular complexity index is 506. The van der Waals surface area contributed by atoms with Gasteiger partial charge < -0.3 is 15.5 Å². The van der Waals surface area contributed by atoms with E-state index in [-0.39, 0.29) is 6.54 Å². The molecule has 1 saturated heterocycles. The maximum absolute atomic E-state index is 11.8. The average molecular weight is 269 g/mol. The Balaban J connectivity index is 2.17. The third kappa shape index (κ3) is 2.38. The number of nitrogens with zero attached hydrogens (tertiary/aromatic N) is 3. The van der Waals surface area contributed by atoms with Crippen molar-refractivity contribution in [1.82, 2.24) is 14.8 Å². The number of pyridine rings is 1. The minimum absolute atomic E-state index is 0.197. The van der Waals surface area contributed by atoms with Gasteiger partial charge in [0, 0.05) is 20.1 Å². The summed E-state index contributed by atoms with van der Waals surface area (Å²) in [5.74, 6) is -0.715. The number of anilines is 1. The average Bonchev–Trinajstić information content (AvgIpc) is 2.34. The highest BCUT2D eigenvalue weighted by Gasteiger charge is 2.30. The Morgan fingerprint density at radius 2 is 2.06 bits per heavy atom. The van der Waals surface area contributed by atoms with Crippen molar-refractivity contribution in [3.8, 4) is 0 Å². The number of likely N-dealkylation sites (N-methyl/N-ethyl adjacent to an activating group) is 1. The van der Waals surface area contributed by atoms with Crippen molar-refractivity contribution >= 4 is 29.2 Å². The first-order valence-corrected chi connectivity index (χ1v) is 5.82. The molecule has 2 amide bonds. The van der Waals surface area contributed by atoms with Crippen LogP contribution in [0.1, 0.15) is 5.69 Å². The molecule has 1 aliphatic heterocycles. The highest BCUT2D eigenvalue weighted by molar-refractivity contribution is 6.35. The lowest BCUT2D eigenvalue weighted by atomic mass is 10.2. The van der Waals surface area contributed by atoms with E-state index in [9.17, 15) is 9.59 Å². The summed E-state index contributed by atoms with van der Waals surface area (Å²) < 4.78 is 0. The van der Waals surface area contributed by atoms with E-state index >= 15 is 0 Å². The summed E-state index contributed by atoms with van der Waals surface area (Å²) in [5, 5.41) is 0.434. The molecule has 0 spiro atoms. The molecule has 96 valence electrons. The van der Waals surface area contributed by atoms with Gasteiger partial charge in [-0.3, -0.25) is 9.59 Å². The molecule has 2 N–H and O–H groups in total. The standard InChI is InChI=1S/C11H13ClN4O2/c1-15-4-5-16(11(18)10(15)17)6-8-7(12)2-3-9(13)14-8/h2-3H,4-6H2,1H3,(H2,13,14). The van der Waals surface area contributed by atoms with Crippen LogP contribution in [0.4, 0.5) is 5.82 Å². The molecule has 0 unspecified atom stereocenters. The van der Waals surface area contributed by atoms with Gasteiger partial charge in [-0.15, -0.1) is 0 Å². The first-order valence-electron chi connectivity index (χ1n) is 5.44. The van der Waals surface area contributed by atoms with Crippen LogP contribution in [0.2, 0.25) is 5.02 Å². The summed E-state index contributed by atoms with van der Waals surface area (Å²) in [6, 6.07) is 3.21. The van der Waals surface area contributed by atoms with Crippen LogP contribution in [-0.2, 0) is 16.1 Å². The number of hydrogen-bond donors (Lipinski definition) is 1. The van der Waals surface area contributed by atoms with E-state index in [0.717, 1.165) is 0 Å². The van der Waals surface area contributed by atoms with Gasteiger partial charge in [-0.05, 0) is 12.1 Å². The fourth-order valence-electron chi connectivity index (χ4n) is 1.72. The predicted molar refractivity (Wildman–Crippen MR) is 66.7 cm³/mol. The Kier molecular flexibility index (Phi) is 3.38. The largest absolute Gasteiger partial charge is 0.384 e. The number of halogens is 1. The number of nitrogens with two attached hydrogens (primary N) is 1. The molecule has 6 nitrogen and oxygen atoms in total. The number of carbonyl (C=O) groups excluding carboxylic acids is 2. The molecular formula is C11H13ClN4O2. The number of rotatable bonds is 2. The maximum Gasteiger partial charge on any atom is 0.312 e. The van der Waals surface area contributed by atoms with Crippen molar-refractivity contribution in [1.29, 1.82) is 0 Å². The Morgan fingerprint density at radius 1 is 1.33 bits per heavy atom. The molecule has 2 heterocycles. The summed E-state index contributed by atoms with van der Waals surface area (Å²) in [6.07, 6.45) is 0. The van der Waals surface area contributed by atoms with Gasteiger partial charge in [-0.2, -0.15) is 0 Å². The van der Waals surface area contributed by atoms with E-state index < -0.39 is 11.8 Å². The molecule has 0 bridgehead atoms. The summed E-state index contributed by atoms with van der Waals surface area (Å²) in [5.41, 5.74) is 6.07.